The molecule has 0 atom stereocenters. The number of hydrogen-bond donors (Lipinski definition) is 0. The molecule has 0 aliphatic rings. The molecule has 0 fully saturated rings. The summed E-state index contributed by atoms with van der Waals surface area (Å²) in [6.07, 6.45) is 3.50. The van der Waals surface area contributed by atoms with E-state index in [9.17, 15) is 0 Å². The smallest absolute Gasteiger partial charge is 0.0267 e. The van der Waals surface area contributed by atoms with Gasteiger partial charge in [-0.3, -0.25) is 4.98 Å². The molecule has 1 aromatic rings. The van der Waals surface area contributed by atoms with E-state index >= 15 is 0 Å². The first kappa shape index (κ1) is 10.9. The van der Waals surface area contributed by atoms with Crippen LogP contribution in [0.3, 0.4) is 0 Å². The van der Waals surface area contributed by atoms with Gasteiger partial charge < -0.3 is 0 Å². The van der Waals surface area contributed by atoms with Crippen molar-refractivity contribution in [2.75, 3.05) is 0 Å². The number of pyridine rings is 1. The molecule has 0 N–H and O–H groups in total. The molecule has 0 unspecified atom stereocenters. The third-order valence-corrected chi connectivity index (χ3v) is 0.566. The van der Waals surface area contributed by atoms with Crippen LogP contribution in [0.1, 0.15) is 0 Å². The number of halogens is 1. The van der Waals surface area contributed by atoms with Crippen LogP contribution < -0.4 is 0 Å². The molecule has 1 aromatic heterocycles. The Morgan fingerprint density at radius 2 is 1.38 bits per heavy atom. The minimum Gasteiger partial charge on any atom is -0.265 e. The van der Waals surface area contributed by atoms with E-state index in [-0.39, 0.29) is 29.5 Å². The Morgan fingerprint density at radius 1 is 0.875 bits per heavy atom. The summed E-state index contributed by atoms with van der Waals surface area (Å²) in [6.45, 7) is 0. The van der Waals surface area contributed by atoms with Crippen LogP contribution in [0.4, 0.5) is 0 Å². The first-order chi connectivity index (χ1) is 3.00. The standard InChI is InChI=1S/C5H5N.ClH.H2Se/c1-2-4-6-5-3-1;;/h1-5H;1H;1H2. The van der Waals surface area contributed by atoms with E-state index in [1.807, 2.05) is 18.2 Å². The largest absolute Gasteiger partial charge is 0.265 e. The van der Waals surface area contributed by atoms with Crippen molar-refractivity contribution in [2.45, 2.75) is 0 Å². The van der Waals surface area contributed by atoms with Crippen LogP contribution in [0, 0.1) is 0 Å². The van der Waals surface area contributed by atoms with Gasteiger partial charge in [-0.15, -0.1) is 12.4 Å². The Labute approximate surface area is 65.4 Å². The number of rotatable bonds is 0. The van der Waals surface area contributed by atoms with Gasteiger partial charge in [-0.25, -0.2) is 0 Å². The summed E-state index contributed by atoms with van der Waals surface area (Å²) < 4.78 is 0. The zero-order chi connectivity index (χ0) is 4.24. The van der Waals surface area contributed by atoms with Crippen molar-refractivity contribution in [3.63, 3.8) is 0 Å². The molecule has 3 heteroatoms. The third kappa shape index (κ3) is 4.13. The maximum atomic E-state index is 3.78. The average molecular weight is 197 g/mol. The molecule has 0 aliphatic carbocycles. The summed E-state index contributed by atoms with van der Waals surface area (Å²) in [4.78, 5) is 3.78. The van der Waals surface area contributed by atoms with Crippen molar-refractivity contribution in [1.29, 1.82) is 0 Å². The van der Waals surface area contributed by atoms with E-state index in [4.69, 9.17) is 0 Å². The average Bonchev–Trinajstić information content (AvgIpc) is 1.72. The summed E-state index contributed by atoms with van der Waals surface area (Å²) in [7, 11) is 0. The number of aromatic nitrogens is 1. The monoisotopic (exact) mass is 197 g/mol. The zero-order valence-corrected chi connectivity index (χ0v) is 7.16. The number of nitrogens with zero attached hydrogens (tertiary/aromatic N) is 1. The van der Waals surface area contributed by atoms with Gasteiger partial charge in [-0.05, 0) is 12.1 Å². The summed E-state index contributed by atoms with van der Waals surface area (Å²) in [6, 6.07) is 5.72. The fourth-order valence-electron chi connectivity index (χ4n) is 0.313. The van der Waals surface area contributed by atoms with Gasteiger partial charge in [0.05, 0.1) is 0 Å². The second-order valence-corrected chi connectivity index (χ2v) is 1.02. The van der Waals surface area contributed by atoms with E-state index in [1.54, 1.807) is 12.4 Å². The van der Waals surface area contributed by atoms with E-state index in [0.29, 0.717) is 0 Å². The minimum atomic E-state index is 0. The Morgan fingerprint density at radius 3 is 1.50 bits per heavy atom. The van der Waals surface area contributed by atoms with Crippen molar-refractivity contribution < 1.29 is 0 Å². The molecule has 0 spiro atoms. The fraction of sp³-hybridized carbons (Fsp3) is 0. The molecule has 1 rings (SSSR count). The second kappa shape index (κ2) is 6.96. The van der Waals surface area contributed by atoms with Crippen LogP contribution in [-0.2, 0) is 0 Å². The summed E-state index contributed by atoms with van der Waals surface area (Å²) in [5.41, 5.74) is 0. The first-order valence-corrected chi connectivity index (χ1v) is 1.85. The Bertz CT molecular complexity index is 84.4. The molecule has 0 saturated heterocycles. The van der Waals surface area contributed by atoms with Gasteiger partial charge in [0.15, 0.2) is 0 Å². The Kier molecular flexibility index (Phi) is 9.44. The van der Waals surface area contributed by atoms with Crippen LogP contribution in [-0.4, -0.2) is 22.1 Å². The van der Waals surface area contributed by atoms with Crippen molar-refractivity contribution in [3.8, 4) is 0 Å². The molecule has 0 aliphatic heterocycles. The predicted octanol–water partition coefficient (Wildman–Crippen LogP) is 0.587. The van der Waals surface area contributed by atoms with Gasteiger partial charge in [-0.2, -0.15) is 0 Å². The molecule has 0 radical (unpaired) electrons. The maximum Gasteiger partial charge on any atom is 0.0267 e. The molecule has 0 amide bonds. The molecular weight excluding hydrogens is 188 g/mol. The Balaban J connectivity index is 0. The van der Waals surface area contributed by atoms with Crippen LogP contribution in [0.2, 0.25) is 0 Å². The molecule has 8 heavy (non-hydrogen) atoms. The zero-order valence-electron chi connectivity index (χ0n) is 4.24. The molecule has 0 bridgehead atoms. The molecule has 1 heterocycles. The van der Waals surface area contributed by atoms with Gasteiger partial charge in [0, 0.05) is 12.4 Å². The van der Waals surface area contributed by atoms with Gasteiger partial charge in [0.1, 0.15) is 0 Å². The van der Waals surface area contributed by atoms with Crippen molar-refractivity contribution in [3.05, 3.63) is 30.6 Å². The van der Waals surface area contributed by atoms with E-state index in [0.717, 1.165) is 0 Å². The molecule has 0 saturated carbocycles. The van der Waals surface area contributed by atoms with Gasteiger partial charge >= 0.3 is 17.1 Å². The Hall–Kier alpha value is -0.0405. The van der Waals surface area contributed by atoms with Crippen LogP contribution >= 0.6 is 12.4 Å². The second-order valence-electron chi connectivity index (χ2n) is 1.02. The van der Waals surface area contributed by atoms with Crippen LogP contribution in [0.5, 0.6) is 0 Å². The molecular formula is C5H8ClNSe. The van der Waals surface area contributed by atoms with Crippen molar-refractivity contribution in [1.82, 2.24) is 4.98 Å². The molecule has 0 aromatic carbocycles. The van der Waals surface area contributed by atoms with E-state index in [2.05, 4.69) is 4.98 Å². The van der Waals surface area contributed by atoms with Crippen LogP contribution in [0.25, 0.3) is 0 Å². The summed E-state index contributed by atoms with van der Waals surface area (Å²) in [5, 5.41) is 0. The van der Waals surface area contributed by atoms with E-state index in [1.165, 1.54) is 0 Å². The van der Waals surface area contributed by atoms with Gasteiger partial charge in [0.2, 0.25) is 0 Å². The molecule has 1 nitrogen and oxygen atoms in total. The summed E-state index contributed by atoms with van der Waals surface area (Å²) >= 11 is 0. The normalized spacial score (nSPS) is 6.00. The minimum absolute atomic E-state index is 0. The number of hydrogen-bond acceptors (Lipinski definition) is 1. The van der Waals surface area contributed by atoms with Crippen molar-refractivity contribution in [2.24, 2.45) is 0 Å². The quantitative estimate of drug-likeness (QED) is 0.554. The van der Waals surface area contributed by atoms with Gasteiger partial charge in [-0.1, -0.05) is 6.07 Å². The third-order valence-electron chi connectivity index (χ3n) is 0.566. The summed E-state index contributed by atoms with van der Waals surface area (Å²) in [5.74, 6) is 0. The first-order valence-electron chi connectivity index (χ1n) is 1.85. The maximum absolute atomic E-state index is 3.78. The SMILES string of the molecule is Cl.[SeH2].c1ccncc1. The van der Waals surface area contributed by atoms with E-state index < -0.39 is 0 Å². The fourth-order valence-corrected chi connectivity index (χ4v) is 0.313. The molecule has 46 valence electrons. The van der Waals surface area contributed by atoms with Crippen molar-refractivity contribution >= 4 is 29.5 Å². The van der Waals surface area contributed by atoms with Gasteiger partial charge in [0.25, 0.3) is 0 Å². The predicted molar refractivity (Wildman–Crippen MR) is 40.0 cm³/mol. The topological polar surface area (TPSA) is 12.9 Å². The van der Waals surface area contributed by atoms with Crippen LogP contribution in [0.15, 0.2) is 30.6 Å².